The maximum absolute atomic E-state index is 13.0. The lowest BCUT2D eigenvalue weighted by Crippen LogP contribution is -2.17. The van der Waals surface area contributed by atoms with Gasteiger partial charge in [-0.15, -0.1) is 0 Å². The van der Waals surface area contributed by atoms with Crippen molar-refractivity contribution in [3.05, 3.63) is 39.0 Å². The molecule has 0 radical (unpaired) electrons. The zero-order chi connectivity index (χ0) is 21.1. The third-order valence-electron chi connectivity index (χ3n) is 3.43. The molecule has 0 saturated carbocycles. The van der Waals surface area contributed by atoms with Crippen molar-refractivity contribution in [3.63, 3.8) is 0 Å². The van der Waals surface area contributed by atoms with Crippen molar-refractivity contribution < 1.29 is 22.7 Å². The van der Waals surface area contributed by atoms with E-state index in [-0.39, 0.29) is 33.9 Å². The normalized spacial score (nSPS) is 11.2. The van der Waals surface area contributed by atoms with Crippen molar-refractivity contribution in [2.75, 3.05) is 18.2 Å². The maximum atomic E-state index is 13.0. The van der Waals surface area contributed by atoms with Crippen molar-refractivity contribution in [1.82, 2.24) is 9.78 Å². The van der Waals surface area contributed by atoms with Crippen molar-refractivity contribution in [3.8, 4) is 11.8 Å². The van der Waals surface area contributed by atoms with Gasteiger partial charge in [0.1, 0.15) is 17.6 Å². The summed E-state index contributed by atoms with van der Waals surface area (Å²) in [6.07, 6.45) is -3.70. The van der Waals surface area contributed by atoms with Gasteiger partial charge in [0.2, 0.25) is 0 Å². The van der Waals surface area contributed by atoms with E-state index >= 15 is 0 Å². The average Bonchev–Trinajstić information content (AvgIpc) is 2.91. The van der Waals surface area contributed by atoms with E-state index in [2.05, 4.69) is 10.4 Å². The van der Waals surface area contributed by atoms with Crippen LogP contribution in [-0.2, 0) is 16.7 Å². The van der Waals surface area contributed by atoms with E-state index in [1.807, 2.05) is 6.07 Å². The van der Waals surface area contributed by atoms with Gasteiger partial charge in [-0.1, -0.05) is 23.2 Å². The molecule has 1 aromatic carbocycles. The number of nitriles is 1. The summed E-state index contributed by atoms with van der Waals surface area (Å²) in [5, 5.41) is 15.2. The maximum Gasteiger partial charge on any atom is 0.416 e. The fraction of sp³-hybridized carbons (Fsp3) is 0.312. The number of hydrogen-bond acceptors (Lipinski definition) is 5. The molecule has 0 spiro atoms. The molecule has 1 heterocycles. The molecule has 2 rings (SSSR count). The number of hydrogen-bond donors (Lipinski definition) is 1. The summed E-state index contributed by atoms with van der Waals surface area (Å²) >= 11 is 13.4. The van der Waals surface area contributed by atoms with Gasteiger partial charge in [-0.2, -0.15) is 35.3 Å². The van der Waals surface area contributed by atoms with E-state index in [1.165, 1.54) is 11.8 Å². The summed E-state index contributed by atoms with van der Waals surface area (Å²) in [7, 11) is 0. The molecule has 0 aliphatic heterocycles. The van der Waals surface area contributed by atoms with Gasteiger partial charge >= 0.3 is 12.3 Å². The van der Waals surface area contributed by atoms with Crippen LogP contribution in [0.3, 0.4) is 0 Å². The predicted molar refractivity (Wildman–Crippen MR) is 101 cm³/mol. The second kappa shape index (κ2) is 8.94. The van der Waals surface area contributed by atoms with Gasteiger partial charge in [-0.25, -0.2) is 9.48 Å². The standard InChI is InChI=1S/C16H13Cl2F3N4O2S/c1-3-27-15(26)23-14-9(7-28-2)12(6-22)24-25(14)13-10(17)4-8(5-11(13)18)16(19,20)21/h4-5H,3,7H2,1-2H3,(H,23,26). The minimum atomic E-state index is -4.65. The zero-order valence-electron chi connectivity index (χ0n) is 14.5. The number of carbonyl (C=O) groups is 1. The van der Waals surface area contributed by atoms with Gasteiger partial charge in [-0.05, 0) is 25.3 Å². The average molecular weight is 453 g/mol. The Morgan fingerprint density at radius 1 is 1.39 bits per heavy atom. The molecule has 0 aliphatic rings. The van der Waals surface area contributed by atoms with Crippen LogP contribution in [-0.4, -0.2) is 28.7 Å². The van der Waals surface area contributed by atoms with Crippen LogP contribution in [0.4, 0.5) is 23.8 Å². The van der Waals surface area contributed by atoms with Crippen LogP contribution in [0.1, 0.15) is 23.7 Å². The minimum Gasteiger partial charge on any atom is -0.450 e. The summed E-state index contributed by atoms with van der Waals surface area (Å²) < 4.78 is 44.8. The number of nitrogens with one attached hydrogen (secondary N) is 1. The number of alkyl halides is 3. The molecular formula is C16H13Cl2F3N4O2S. The second-order valence-corrected chi connectivity index (χ2v) is 6.94. The number of carbonyl (C=O) groups excluding carboxylic acids is 1. The molecule has 0 aliphatic carbocycles. The molecule has 1 N–H and O–H groups in total. The number of amides is 1. The van der Waals surface area contributed by atoms with Crippen molar-refractivity contribution in [2.24, 2.45) is 0 Å². The van der Waals surface area contributed by atoms with Gasteiger partial charge in [0.25, 0.3) is 0 Å². The molecular weight excluding hydrogens is 440 g/mol. The summed E-state index contributed by atoms with van der Waals surface area (Å²) in [6.45, 7) is 1.69. The van der Waals surface area contributed by atoms with Crippen LogP contribution >= 0.6 is 35.0 Å². The van der Waals surface area contributed by atoms with E-state index in [0.717, 1.165) is 4.68 Å². The van der Waals surface area contributed by atoms with Gasteiger partial charge < -0.3 is 4.74 Å². The third kappa shape index (κ3) is 4.66. The lowest BCUT2D eigenvalue weighted by Gasteiger charge is -2.15. The Morgan fingerprint density at radius 2 is 2.00 bits per heavy atom. The predicted octanol–water partition coefficient (Wildman–Crippen LogP) is 5.50. The van der Waals surface area contributed by atoms with Crippen molar-refractivity contribution in [2.45, 2.75) is 18.9 Å². The lowest BCUT2D eigenvalue weighted by molar-refractivity contribution is -0.137. The first-order chi connectivity index (χ1) is 13.1. The van der Waals surface area contributed by atoms with E-state index < -0.39 is 17.8 Å². The van der Waals surface area contributed by atoms with Crippen LogP contribution < -0.4 is 5.32 Å². The van der Waals surface area contributed by atoms with Crippen molar-refractivity contribution in [1.29, 1.82) is 5.26 Å². The van der Waals surface area contributed by atoms with E-state index in [1.54, 1.807) is 13.2 Å². The van der Waals surface area contributed by atoms with E-state index in [4.69, 9.17) is 27.9 Å². The summed E-state index contributed by atoms with van der Waals surface area (Å²) in [6, 6.07) is 3.27. The number of halogens is 5. The number of ether oxygens (including phenoxy) is 1. The molecule has 0 bridgehead atoms. The highest BCUT2D eigenvalue weighted by Crippen LogP contribution is 2.39. The molecule has 6 nitrogen and oxygen atoms in total. The Bertz CT molecular complexity index is 918. The van der Waals surface area contributed by atoms with Gasteiger partial charge in [0.05, 0.1) is 22.2 Å². The molecule has 150 valence electrons. The molecule has 28 heavy (non-hydrogen) atoms. The number of aromatic nitrogens is 2. The number of nitrogens with zero attached hydrogens (tertiary/aromatic N) is 3. The Morgan fingerprint density at radius 3 is 2.46 bits per heavy atom. The topological polar surface area (TPSA) is 79.9 Å². The fourth-order valence-corrected chi connectivity index (χ4v) is 3.52. The molecule has 0 saturated heterocycles. The Hall–Kier alpha value is -2.09. The summed E-state index contributed by atoms with van der Waals surface area (Å²) in [5.41, 5.74) is -0.821. The van der Waals surface area contributed by atoms with Gasteiger partial charge in [0.15, 0.2) is 5.69 Å². The van der Waals surface area contributed by atoms with Crippen LogP contribution in [0.15, 0.2) is 12.1 Å². The Balaban J connectivity index is 2.71. The van der Waals surface area contributed by atoms with Crippen LogP contribution in [0.5, 0.6) is 0 Å². The number of benzene rings is 1. The number of thioether (sulfide) groups is 1. The van der Waals surface area contributed by atoms with Crippen LogP contribution in [0.2, 0.25) is 10.0 Å². The highest BCUT2D eigenvalue weighted by molar-refractivity contribution is 7.97. The number of rotatable bonds is 5. The quantitative estimate of drug-likeness (QED) is 0.647. The fourth-order valence-electron chi connectivity index (χ4n) is 2.31. The molecule has 0 fully saturated rings. The monoisotopic (exact) mass is 452 g/mol. The van der Waals surface area contributed by atoms with E-state index in [0.29, 0.717) is 23.4 Å². The molecule has 0 atom stereocenters. The minimum absolute atomic E-state index is 0.0341. The molecule has 2 aromatic rings. The largest absolute Gasteiger partial charge is 0.450 e. The van der Waals surface area contributed by atoms with Gasteiger partial charge in [-0.3, -0.25) is 5.32 Å². The first kappa shape index (κ1) is 22.2. The third-order valence-corrected chi connectivity index (χ3v) is 4.58. The second-order valence-electron chi connectivity index (χ2n) is 5.26. The highest BCUT2D eigenvalue weighted by atomic mass is 35.5. The smallest absolute Gasteiger partial charge is 0.416 e. The SMILES string of the molecule is CCOC(=O)Nc1c(CSC)c(C#N)nn1-c1c(Cl)cc(C(F)(F)F)cc1Cl. The van der Waals surface area contributed by atoms with Crippen LogP contribution in [0, 0.1) is 11.3 Å². The lowest BCUT2D eigenvalue weighted by atomic mass is 10.2. The summed E-state index contributed by atoms with van der Waals surface area (Å²) in [4.78, 5) is 11.9. The highest BCUT2D eigenvalue weighted by Gasteiger charge is 2.33. The molecule has 1 amide bonds. The first-order valence-electron chi connectivity index (χ1n) is 7.65. The number of anilines is 1. The van der Waals surface area contributed by atoms with Gasteiger partial charge in [0, 0.05) is 11.3 Å². The van der Waals surface area contributed by atoms with Crippen molar-refractivity contribution >= 4 is 46.9 Å². The molecule has 12 heteroatoms. The molecule has 1 aromatic heterocycles. The zero-order valence-corrected chi connectivity index (χ0v) is 16.9. The Labute approximate surface area is 172 Å². The first-order valence-corrected chi connectivity index (χ1v) is 9.80. The Kier molecular flexibility index (Phi) is 7.09. The van der Waals surface area contributed by atoms with E-state index in [9.17, 15) is 23.2 Å². The summed E-state index contributed by atoms with van der Waals surface area (Å²) in [5.74, 6) is 0.327. The van der Waals surface area contributed by atoms with Crippen LogP contribution in [0.25, 0.3) is 5.69 Å². The molecule has 0 unspecified atom stereocenters.